The number of oxazole rings is 1. The van der Waals surface area contributed by atoms with Crippen LogP contribution in [0.5, 0.6) is 11.8 Å². The lowest BCUT2D eigenvalue weighted by Gasteiger charge is -2.50. The highest BCUT2D eigenvalue weighted by atomic mass is 16.6. The quantitative estimate of drug-likeness (QED) is 0.289. The molecule has 0 bridgehead atoms. The lowest BCUT2D eigenvalue weighted by Crippen LogP contribution is -2.58. The highest BCUT2D eigenvalue weighted by molar-refractivity contribution is 5.72. The van der Waals surface area contributed by atoms with Crippen LogP contribution in [0.2, 0.25) is 0 Å². The van der Waals surface area contributed by atoms with E-state index in [1.807, 2.05) is 54.6 Å². The number of hydrogen-bond acceptors (Lipinski definition) is 5. The van der Waals surface area contributed by atoms with Gasteiger partial charge in [0.15, 0.2) is 5.58 Å². The molecule has 2 aliphatic carbocycles. The van der Waals surface area contributed by atoms with E-state index in [1.54, 1.807) is 0 Å². The van der Waals surface area contributed by atoms with Crippen molar-refractivity contribution in [2.24, 2.45) is 5.92 Å². The van der Waals surface area contributed by atoms with E-state index in [-0.39, 0.29) is 18.2 Å². The van der Waals surface area contributed by atoms with Crippen molar-refractivity contribution < 1.29 is 14.3 Å². The first kappa shape index (κ1) is 24.1. The molecule has 1 fully saturated rings. The highest BCUT2D eigenvalue weighted by Crippen LogP contribution is 2.47. The van der Waals surface area contributed by atoms with Crippen LogP contribution in [0.15, 0.2) is 119 Å². The van der Waals surface area contributed by atoms with E-state index in [2.05, 4.69) is 58.9 Å². The minimum atomic E-state index is -0.903. The molecule has 0 saturated heterocycles. The number of hydrogen-bond donors (Lipinski definition) is 2. The summed E-state index contributed by atoms with van der Waals surface area (Å²) < 4.78 is 11.6. The molecule has 1 aliphatic heterocycles. The summed E-state index contributed by atoms with van der Waals surface area (Å²) in [6, 6.07) is 26.2. The summed E-state index contributed by atoms with van der Waals surface area (Å²) in [4.78, 5) is 4.40. The second-order valence-corrected chi connectivity index (χ2v) is 10.9. The fourth-order valence-corrected chi connectivity index (χ4v) is 6.41. The number of benzene rings is 3. The van der Waals surface area contributed by atoms with E-state index in [9.17, 15) is 5.11 Å². The second-order valence-electron chi connectivity index (χ2n) is 10.9. The molecule has 5 heteroatoms. The zero-order valence-corrected chi connectivity index (χ0v) is 21.8. The van der Waals surface area contributed by atoms with Crippen LogP contribution in [0.1, 0.15) is 36.8 Å². The standard InChI is InChI=1S/C34H32N2O3/c37-34(26-9-2-1-3-10-26)21-20-24(28-22-25-8-4-5-11-29(25)35-32(28)34)17-14-23-15-18-27(19-16-23)38-33-36-30-12-6-7-13-31(30)39-33/h1-10,12-13,15-16,18-19,22,24,29,32,35,37H,11,14,17,20-21H2. The van der Waals surface area contributed by atoms with E-state index < -0.39 is 5.60 Å². The molecule has 4 unspecified atom stereocenters. The van der Waals surface area contributed by atoms with Gasteiger partial charge in [-0.15, -0.1) is 0 Å². The Labute approximate surface area is 228 Å². The number of nitrogens with zero attached hydrogens (tertiary/aromatic N) is 1. The third-order valence-electron chi connectivity index (χ3n) is 8.51. The van der Waals surface area contributed by atoms with Gasteiger partial charge >= 0.3 is 6.08 Å². The Morgan fingerprint density at radius 2 is 1.82 bits per heavy atom. The van der Waals surface area contributed by atoms with E-state index in [4.69, 9.17) is 9.15 Å². The molecule has 4 atom stereocenters. The summed E-state index contributed by atoms with van der Waals surface area (Å²) in [6.07, 6.45) is 13.9. The van der Waals surface area contributed by atoms with Crippen LogP contribution in [0.3, 0.4) is 0 Å². The maximum absolute atomic E-state index is 12.1. The van der Waals surface area contributed by atoms with Crippen LogP contribution < -0.4 is 10.1 Å². The summed E-state index contributed by atoms with van der Waals surface area (Å²) in [5.74, 6) is 1.12. The Hall–Kier alpha value is -3.93. The van der Waals surface area contributed by atoms with Gasteiger partial charge in [0.25, 0.3) is 0 Å². The molecule has 0 radical (unpaired) electrons. The van der Waals surface area contributed by atoms with Crippen LogP contribution in [0, 0.1) is 5.92 Å². The van der Waals surface area contributed by atoms with Crippen molar-refractivity contribution in [2.75, 3.05) is 0 Å². The molecule has 1 saturated carbocycles. The topological polar surface area (TPSA) is 67.5 Å². The first-order valence-corrected chi connectivity index (χ1v) is 13.9. The molecule has 2 heterocycles. The largest absolute Gasteiger partial charge is 0.411 e. The number of allylic oxidation sites excluding steroid dienone is 2. The second kappa shape index (κ2) is 9.99. The van der Waals surface area contributed by atoms with E-state index in [0.29, 0.717) is 17.3 Å². The molecule has 3 aromatic carbocycles. The van der Waals surface area contributed by atoms with E-state index in [1.165, 1.54) is 16.7 Å². The van der Waals surface area contributed by atoms with Gasteiger partial charge < -0.3 is 19.6 Å². The molecule has 5 nitrogen and oxygen atoms in total. The normalized spacial score (nSPS) is 25.9. The highest BCUT2D eigenvalue weighted by Gasteiger charge is 2.48. The summed E-state index contributed by atoms with van der Waals surface area (Å²) >= 11 is 0. The van der Waals surface area contributed by atoms with Gasteiger partial charge in [-0.25, -0.2) is 0 Å². The fraction of sp³-hybridized carbons (Fsp3) is 0.265. The van der Waals surface area contributed by atoms with Gasteiger partial charge in [-0.05, 0) is 84.6 Å². The molecule has 0 amide bonds. The number of fused-ring (bicyclic) bond motifs is 3. The van der Waals surface area contributed by atoms with Crippen molar-refractivity contribution in [1.29, 1.82) is 0 Å². The number of aromatic nitrogens is 1. The zero-order chi connectivity index (χ0) is 26.2. The lowest BCUT2D eigenvalue weighted by molar-refractivity contribution is -0.0265. The molecular weight excluding hydrogens is 484 g/mol. The first-order valence-electron chi connectivity index (χ1n) is 13.9. The summed E-state index contributed by atoms with van der Waals surface area (Å²) in [6.45, 7) is 0. The van der Waals surface area contributed by atoms with Crippen LogP contribution >= 0.6 is 0 Å². The van der Waals surface area contributed by atoms with Crippen LogP contribution in [0.4, 0.5) is 0 Å². The van der Waals surface area contributed by atoms with Gasteiger partial charge in [0, 0.05) is 6.04 Å². The monoisotopic (exact) mass is 516 g/mol. The number of aliphatic hydroxyl groups is 1. The maximum atomic E-state index is 12.1. The van der Waals surface area contributed by atoms with Crippen LogP contribution in [-0.4, -0.2) is 22.2 Å². The number of aryl methyl sites for hydroxylation is 1. The Bertz CT molecular complexity index is 1530. The van der Waals surface area contributed by atoms with E-state index >= 15 is 0 Å². The molecule has 1 aromatic heterocycles. The average Bonchev–Trinajstić information content (AvgIpc) is 3.40. The average molecular weight is 517 g/mol. The summed E-state index contributed by atoms with van der Waals surface area (Å²) in [7, 11) is 0. The van der Waals surface area contributed by atoms with Crippen molar-refractivity contribution in [3.05, 3.63) is 125 Å². The Balaban J connectivity index is 1.08. The molecule has 196 valence electrons. The first-order chi connectivity index (χ1) is 19.2. The van der Waals surface area contributed by atoms with E-state index in [0.717, 1.165) is 43.2 Å². The smallest absolute Gasteiger partial charge is 0.400 e. The SMILES string of the molecule is OC1(c2ccccc2)CCC(CCc2ccc(Oc3nc4ccccc4o3)cc2)C2=CC3=CC=CCC3NC21. The molecular formula is C34H32N2O3. The number of rotatable bonds is 6. The van der Waals surface area contributed by atoms with Gasteiger partial charge in [0.2, 0.25) is 0 Å². The summed E-state index contributed by atoms with van der Waals surface area (Å²) in [5, 5.41) is 15.9. The number of nitrogens with one attached hydrogen (secondary N) is 1. The van der Waals surface area contributed by atoms with Gasteiger partial charge in [0.1, 0.15) is 16.9 Å². The predicted molar refractivity (Wildman–Crippen MR) is 153 cm³/mol. The van der Waals surface area contributed by atoms with Gasteiger partial charge in [-0.2, -0.15) is 4.98 Å². The van der Waals surface area contributed by atoms with Crippen molar-refractivity contribution in [3.8, 4) is 11.8 Å². The molecule has 4 aromatic rings. The van der Waals surface area contributed by atoms with Crippen molar-refractivity contribution in [2.45, 2.75) is 49.8 Å². The van der Waals surface area contributed by atoms with Crippen molar-refractivity contribution in [3.63, 3.8) is 0 Å². The van der Waals surface area contributed by atoms with Crippen molar-refractivity contribution in [1.82, 2.24) is 10.3 Å². The lowest BCUT2D eigenvalue weighted by atomic mass is 9.65. The molecule has 7 rings (SSSR count). The Morgan fingerprint density at radius 1 is 1.00 bits per heavy atom. The minimum absolute atomic E-state index is 0.0839. The number of para-hydroxylation sites is 2. The van der Waals surface area contributed by atoms with Crippen molar-refractivity contribution >= 4 is 11.1 Å². The third kappa shape index (κ3) is 4.62. The van der Waals surface area contributed by atoms with Gasteiger partial charge in [0.05, 0.1) is 6.04 Å². The molecule has 2 N–H and O–H groups in total. The number of ether oxygens (including phenoxy) is 1. The van der Waals surface area contributed by atoms with Crippen LogP contribution in [-0.2, 0) is 12.0 Å². The maximum Gasteiger partial charge on any atom is 0.400 e. The minimum Gasteiger partial charge on any atom is -0.411 e. The summed E-state index contributed by atoms with van der Waals surface area (Å²) in [5.41, 5.74) is 5.52. The Morgan fingerprint density at radius 3 is 2.67 bits per heavy atom. The van der Waals surface area contributed by atoms with Gasteiger partial charge in [-0.3, -0.25) is 0 Å². The fourth-order valence-electron chi connectivity index (χ4n) is 6.41. The zero-order valence-electron chi connectivity index (χ0n) is 21.8. The van der Waals surface area contributed by atoms with Crippen LogP contribution in [0.25, 0.3) is 11.1 Å². The molecule has 0 spiro atoms. The molecule has 39 heavy (non-hydrogen) atoms. The predicted octanol–water partition coefficient (Wildman–Crippen LogP) is 7.00. The molecule has 3 aliphatic rings. The van der Waals surface area contributed by atoms with Gasteiger partial charge in [-0.1, -0.05) is 78.9 Å². The Kier molecular flexibility index (Phi) is 6.18. The third-order valence-corrected chi connectivity index (χ3v) is 8.51.